The maximum Gasteiger partial charge on any atom is 0.303 e. The SMILES string of the molecule is Cc1ccc(C(=O)[C@@H](C)CN2CCCCC2)cc1.O=C(O)CCCO. The van der Waals surface area contributed by atoms with Crippen molar-refractivity contribution in [1.29, 1.82) is 0 Å². The number of aliphatic carboxylic acids is 1. The van der Waals surface area contributed by atoms with Crippen LogP contribution in [-0.2, 0) is 4.79 Å². The largest absolute Gasteiger partial charge is 0.481 e. The number of carbonyl (C=O) groups excluding carboxylic acids is 1. The van der Waals surface area contributed by atoms with E-state index >= 15 is 0 Å². The summed E-state index contributed by atoms with van der Waals surface area (Å²) < 4.78 is 0. The highest BCUT2D eigenvalue weighted by atomic mass is 16.4. The van der Waals surface area contributed by atoms with Crippen molar-refractivity contribution < 1.29 is 19.8 Å². The van der Waals surface area contributed by atoms with Crippen LogP contribution in [-0.4, -0.2) is 53.1 Å². The minimum Gasteiger partial charge on any atom is -0.481 e. The van der Waals surface area contributed by atoms with Crippen LogP contribution in [0.5, 0.6) is 0 Å². The van der Waals surface area contributed by atoms with E-state index < -0.39 is 5.97 Å². The van der Waals surface area contributed by atoms with Crippen molar-refractivity contribution in [1.82, 2.24) is 4.90 Å². The fraction of sp³-hybridized carbons (Fsp3) is 0.600. The van der Waals surface area contributed by atoms with Gasteiger partial charge in [-0.25, -0.2) is 0 Å². The van der Waals surface area contributed by atoms with Crippen LogP contribution < -0.4 is 0 Å². The van der Waals surface area contributed by atoms with Crippen molar-refractivity contribution in [2.24, 2.45) is 5.92 Å². The van der Waals surface area contributed by atoms with Crippen molar-refractivity contribution >= 4 is 11.8 Å². The van der Waals surface area contributed by atoms with E-state index in [1.807, 2.05) is 31.2 Å². The summed E-state index contributed by atoms with van der Waals surface area (Å²) in [4.78, 5) is 24.4. The van der Waals surface area contributed by atoms with Crippen LogP contribution in [0.1, 0.15) is 54.9 Å². The van der Waals surface area contributed by atoms with Gasteiger partial charge < -0.3 is 15.1 Å². The highest BCUT2D eigenvalue weighted by Crippen LogP contribution is 2.15. The summed E-state index contributed by atoms with van der Waals surface area (Å²) in [5.74, 6) is -0.472. The van der Waals surface area contributed by atoms with Gasteiger partial charge in [-0.1, -0.05) is 43.2 Å². The topological polar surface area (TPSA) is 77.8 Å². The number of rotatable bonds is 7. The molecule has 1 aromatic carbocycles. The molecule has 1 atom stereocenters. The molecule has 0 amide bonds. The molecule has 1 saturated heterocycles. The van der Waals surface area contributed by atoms with Gasteiger partial charge in [0.2, 0.25) is 0 Å². The zero-order chi connectivity index (χ0) is 18.7. The van der Waals surface area contributed by atoms with Gasteiger partial charge in [0.25, 0.3) is 0 Å². The quantitative estimate of drug-likeness (QED) is 0.740. The van der Waals surface area contributed by atoms with Gasteiger partial charge in [-0.3, -0.25) is 9.59 Å². The molecular formula is C20H31NO4. The molecule has 0 unspecified atom stereocenters. The van der Waals surface area contributed by atoms with Crippen LogP contribution in [0.4, 0.5) is 0 Å². The Hall–Kier alpha value is -1.72. The van der Waals surface area contributed by atoms with E-state index in [1.165, 1.54) is 24.8 Å². The molecule has 0 aromatic heterocycles. The predicted molar refractivity (Wildman–Crippen MR) is 98.9 cm³/mol. The monoisotopic (exact) mass is 349 g/mol. The van der Waals surface area contributed by atoms with Crippen molar-refractivity contribution in [2.75, 3.05) is 26.2 Å². The van der Waals surface area contributed by atoms with Crippen LogP contribution >= 0.6 is 0 Å². The first-order valence-corrected chi connectivity index (χ1v) is 9.10. The molecule has 1 heterocycles. The van der Waals surface area contributed by atoms with Crippen molar-refractivity contribution in [3.05, 3.63) is 35.4 Å². The number of nitrogens with zero attached hydrogens (tertiary/aromatic N) is 1. The molecule has 1 aliphatic heterocycles. The molecule has 1 aliphatic rings. The number of carbonyl (C=O) groups is 2. The highest BCUT2D eigenvalue weighted by Gasteiger charge is 2.19. The van der Waals surface area contributed by atoms with Gasteiger partial charge in [0.15, 0.2) is 5.78 Å². The second-order valence-corrected chi connectivity index (χ2v) is 6.71. The molecule has 0 spiro atoms. The summed E-state index contributed by atoms with van der Waals surface area (Å²) in [6.07, 6.45) is 4.33. The maximum atomic E-state index is 12.3. The smallest absolute Gasteiger partial charge is 0.303 e. The molecule has 25 heavy (non-hydrogen) atoms. The summed E-state index contributed by atoms with van der Waals surface area (Å²) in [5.41, 5.74) is 2.06. The Labute approximate surface area is 150 Å². The number of aliphatic hydroxyl groups excluding tert-OH is 1. The molecule has 1 fully saturated rings. The van der Waals surface area contributed by atoms with Gasteiger partial charge in [-0.2, -0.15) is 0 Å². The van der Waals surface area contributed by atoms with E-state index in [9.17, 15) is 9.59 Å². The molecule has 2 N–H and O–H groups in total. The van der Waals surface area contributed by atoms with Gasteiger partial charge in [-0.15, -0.1) is 0 Å². The Kier molecular flexibility index (Phi) is 10.0. The summed E-state index contributed by atoms with van der Waals surface area (Å²) in [6.45, 7) is 7.29. The molecule has 0 saturated carbocycles. The number of aryl methyl sites for hydroxylation is 1. The van der Waals surface area contributed by atoms with Crippen LogP contribution in [0.15, 0.2) is 24.3 Å². The van der Waals surface area contributed by atoms with Gasteiger partial charge in [0, 0.05) is 31.1 Å². The summed E-state index contributed by atoms with van der Waals surface area (Å²) in [7, 11) is 0. The number of Topliss-reactive ketones (excluding diaryl/α,β-unsaturated/α-hetero) is 1. The van der Waals surface area contributed by atoms with E-state index in [2.05, 4.69) is 11.8 Å². The van der Waals surface area contributed by atoms with Crippen LogP contribution in [0, 0.1) is 12.8 Å². The lowest BCUT2D eigenvalue weighted by Crippen LogP contribution is -2.35. The molecule has 1 aromatic rings. The normalized spacial score (nSPS) is 15.8. The lowest BCUT2D eigenvalue weighted by atomic mass is 9.97. The second-order valence-electron chi connectivity index (χ2n) is 6.71. The fourth-order valence-corrected chi connectivity index (χ4v) is 2.84. The van der Waals surface area contributed by atoms with E-state index in [-0.39, 0.29) is 24.7 Å². The van der Waals surface area contributed by atoms with Crippen molar-refractivity contribution in [3.8, 4) is 0 Å². The first kappa shape index (κ1) is 21.3. The van der Waals surface area contributed by atoms with E-state index in [4.69, 9.17) is 10.2 Å². The molecule has 140 valence electrons. The highest BCUT2D eigenvalue weighted by molar-refractivity contribution is 5.97. The van der Waals surface area contributed by atoms with E-state index in [1.54, 1.807) is 0 Å². The third-order valence-electron chi connectivity index (χ3n) is 4.31. The Morgan fingerprint density at radius 3 is 2.20 bits per heavy atom. The number of aliphatic hydroxyl groups is 1. The lowest BCUT2D eigenvalue weighted by Gasteiger charge is -2.28. The van der Waals surface area contributed by atoms with Crippen LogP contribution in [0.3, 0.4) is 0 Å². The second kappa shape index (κ2) is 11.8. The number of carboxylic acids is 1. The Morgan fingerprint density at radius 1 is 1.12 bits per heavy atom. The van der Waals surface area contributed by atoms with E-state index in [0.717, 1.165) is 25.2 Å². The fourth-order valence-electron chi connectivity index (χ4n) is 2.84. The molecule has 0 bridgehead atoms. The third-order valence-corrected chi connectivity index (χ3v) is 4.31. The molecule has 0 radical (unpaired) electrons. The number of piperidine rings is 1. The first-order valence-electron chi connectivity index (χ1n) is 9.10. The van der Waals surface area contributed by atoms with Crippen molar-refractivity contribution in [3.63, 3.8) is 0 Å². The number of benzene rings is 1. The third kappa shape index (κ3) is 8.79. The standard InChI is InChI=1S/C16H23NO.C4H8O3/c1-13-6-8-15(9-7-13)16(18)14(2)12-17-10-4-3-5-11-17;5-3-1-2-4(6)7/h6-9,14H,3-5,10-12H2,1-2H3;5H,1-3H2,(H,6,7)/t14-;/m0./s1. The van der Waals surface area contributed by atoms with Gasteiger partial charge >= 0.3 is 5.97 Å². The average Bonchev–Trinajstić information content (AvgIpc) is 2.61. The van der Waals surface area contributed by atoms with Gasteiger partial charge in [0.05, 0.1) is 0 Å². The summed E-state index contributed by atoms with van der Waals surface area (Å²) in [6, 6.07) is 7.93. The first-order chi connectivity index (χ1) is 11.9. The molecule has 0 aliphatic carbocycles. The van der Waals surface area contributed by atoms with Crippen LogP contribution in [0.25, 0.3) is 0 Å². The summed E-state index contributed by atoms with van der Waals surface area (Å²) >= 11 is 0. The average molecular weight is 349 g/mol. The molecular weight excluding hydrogens is 318 g/mol. The Morgan fingerprint density at radius 2 is 1.72 bits per heavy atom. The van der Waals surface area contributed by atoms with Crippen molar-refractivity contribution in [2.45, 2.75) is 46.0 Å². The van der Waals surface area contributed by atoms with Gasteiger partial charge in [-0.05, 0) is 39.3 Å². The predicted octanol–water partition coefficient (Wildman–Crippen LogP) is 3.14. The van der Waals surface area contributed by atoms with Gasteiger partial charge in [0.1, 0.15) is 0 Å². The maximum absolute atomic E-state index is 12.3. The lowest BCUT2D eigenvalue weighted by molar-refractivity contribution is -0.137. The summed E-state index contributed by atoms with van der Waals surface area (Å²) in [5, 5.41) is 16.0. The zero-order valence-corrected chi connectivity index (χ0v) is 15.4. The molecule has 5 heteroatoms. The Bertz CT molecular complexity index is 521. The number of carboxylic acid groups (broad SMARTS) is 1. The van der Waals surface area contributed by atoms with E-state index in [0.29, 0.717) is 6.42 Å². The minimum absolute atomic E-state index is 0.0354. The van der Waals surface area contributed by atoms with Crippen LogP contribution in [0.2, 0.25) is 0 Å². The number of hydrogen-bond acceptors (Lipinski definition) is 4. The minimum atomic E-state index is -0.853. The zero-order valence-electron chi connectivity index (χ0n) is 15.4. The number of hydrogen-bond donors (Lipinski definition) is 2. The number of likely N-dealkylation sites (tertiary alicyclic amines) is 1. The number of ketones is 1. The molecule has 2 rings (SSSR count). The molecule has 5 nitrogen and oxygen atoms in total. The Balaban J connectivity index is 0.000000381.